The Bertz CT molecular complexity index is 686. The molecule has 0 fully saturated rings. The summed E-state index contributed by atoms with van der Waals surface area (Å²) >= 11 is 7.30. The Morgan fingerprint density at radius 3 is 2.48 bits per heavy atom. The third kappa shape index (κ3) is 4.56. The van der Waals surface area contributed by atoms with Crippen LogP contribution in [0.15, 0.2) is 42.5 Å². The van der Waals surface area contributed by atoms with Crippen LogP contribution in [0.25, 0.3) is 0 Å². The largest absolute Gasteiger partial charge is 0.481 e. The highest BCUT2D eigenvalue weighted by molar-refractivity contribution is 7.16. The number of amides is 1. The number of rotatable bonds is 7. The molecule has 23 heavy (non-hydrogen) atoms. The summed E-state index contributed by atoms with van der Waals surface area (Å²) in [4.78, 5) is 24.7. The zero-order chi connectivity index (χ0) is 16.9. The fourth-order valence-electron chi connectivity index (χ4n) is 2.19. The Hall–Kier alpha value is -1.85. The third-order valence-corrected chi connectivity index (χ3v) is 5.04. The second-order valence-corrected chi connectivity index (χ2v) is 7.29. The van der Waals surface area contributed by atoms with Gasteiger partial charge in [0.05, 0.1) is 4.34 Å². The van der Waals surface area contributed by atoms with Gasteiger partial charge in [0.25, 0.3) is 0 Å². The maximum atomic E-state index is 12.0. The lowest BCUT2D eigenvalue weighted by Crippen LogP contribution is -2.44. The van der Waals surface area contributed by atoms with Crippen LogP contribution in [0, 0.1) is 0 Å². The molecule has 0 aliphatic carbocycles. The van der Waals surface area contributed by atoms with Crippen LogP contribution in [-0.2, 0) is 21.4 Å². The van der Waals surface area contributed by atoms with E-state index in [4.69, 9.17) is 11.6 Å². The number of carboxylic acid groups (broad SMARTS) is 1. The zero-order valence-corrected chi connectivity index (χ0v) is 14.3. The maximum absolute atomic E-state index is 12.0. The lowest BCUT2D eigenvalue weighted by atomic mass is 9.82. The van der Waals surface area contributed by atoms with Gasteiger partial charge in [-0.05, 0) is 31.0 Å². The Labute approximate surface area is 144 Å². The van der Waals surface area contributed by atoms with Gasteiger partial charge in [0.1, 0.15) is 5.41 Å². The molecule has 1 heterocycles. The van der Waals surface area contributed by atoms with Crippen LogP contribution in [0.3, 0.4) is 0 Å². The normalized spacial score (nSPS) is 13.3. The molecule has 1 atom stereocenters. The molecule has 0 aliphatic heterocycles. The Morgan fingerprint density at radius 2 is 1.91 bits per heavy atom. The average Bonchev–Trinajstić information content (AvgIpc) is 2.96. The second kappa shape index (κ2) is 7.62. The van der Waals surface area contributed by atoms with Crippen molar-refractivity contribution in [1.29, 1.82) is 0 Å². The van der Waals surface area contributed by atoms with E-state index in [1.807, 2.05) is 12.1 Å². The molecule has 1 aromatic carbocycles. The first-order valence-electron chi connectivity index (χ1n) is 7.21. The monoisotopic (exact) mass is 351 g/mol. The minimum atomic E-state index is -1.15. The molecule has 4 nitrogen and oxygen atoms in total. The van der Waals surface area contributed by atoms with Crippen LogP contribution in [0.2, 0.25) is 4.34 Å². The average molecular weight is 352 g/mol. The van der Waals surface area contributed by atoms with Gasteiger partial charge in [0, 0.05) is 17.8 Å². The van der Waals surface area contributed by atoms with E-state index in [1.54, 1.807) is 37.3 Å². The molecule has 1 aromatic heterocycles. The molecular formula is C17H18ClNO3S. The predicted molar refractivity (Wildman–Crippen MR) is 92.1 cm³/mol. The lowest BCUT2D eigenvalue weighted by Gasteiger charge is -2.25. The highest BCUT2D eigenvalue weighted by Gasteiger charge is 2.35. The van der Waals surface area contributed by atoms with Crippen LogP contribution < -0.4 is 5.32 Å². The lowest BCUT2D eigenvalue weighted by molar-refractivity contribution is -0.143. The van der Waals surface area contributed by atoms with Crippen molar-refractivity contribution in [1.82, 2.24) is 5.32 Å². The fraction of sp³-hybridized carbons (Fsp3) is 0.294. The number of benzene rings is 1. The molecule has 2 N–H and O–H groups in total. The van der Waals surface area contributed by atoms with Crippen molar-refractivity contribution >= 4 is 34.8 Å². The standard InChI is InChI=1S/C17H18ClNO3S/c1-17(16(21)22,12-5-3-2-4-6-12)11-19-15(20)10-8-13-7-9-14(18)23-13/h2-7,9H,8,10-11H2,1H3,(H,19,20)(H,21,22). The molecule has 0 saturated heterocycles. The number of thiophene rings is 1. The summed E-state index contributed by atoms with van der Waals surface area (Å²) in [5.41, 5.74) is -0.485. The van der Waals surface area contributed by atoms with Gasteiger partial charge in [-0.1, -0.05) is 41.9 Å². The van der Waals surface area contributed by atoms with Crippen LogP contribution in [0.1, 0.15) is 23.8 Å². The van der Waals surface area contributed by atoms with Gasteiger partial charge in [-0.15, -0.1) is 11.3 Å². The number of aryl methyl sites for hydroxylation is 1. The molecule has 0 radical (unpaired) electrons. The van der Waals surface area contributed by atoms with Crippen molar-refractivity contribution in [2.45, 2.75) is 25.2 Å². The SMILES string of the molecule is CC(CNC(=O)CCc1ccc(Cl)s1)(C(=O)O)c1ccccc1. The summed E-state index contributed by atoms with van der Waals surface area (Å²) in [6.45, 7) is 1.67. The number of nitrogens with one attached hydrogen (secondary N) is 1. The summed E-state index contributed by atoms with van der Waals surface area (Å²) < 4.78 is 0.697. The number of hydrogen-bond donors (Lipinski definition) is 2. The number of hydrogen-bond acceptors (Lipinski definition) is 3. The van der Waals surface area contributed by atoms with Gasteiger partial charge in [-0.3, -0.25) is 9.59 Å². The van der Waals surface area contributed by atoms with E-state index in [9.17, 15) is 14.7 Å². The minimum absolute atomic E-state index is 0.0520. The molecular weight excluding hydrogens is 334 g/mol. The molecule has 0 aliphatic rings. The van der Waals surface area contributed by atoms with Crippen molar-refractivity contribution < 1.29 is 14.7 Å². The number of halogens is 1. The zero-order valence-electron chi connectivity index (χ0n) is 12.7. The molecule has 1 unspecified atom stereocenters. The van der Waals surface area contributed by atoms with Gasteiger partial charge < -0.3 is 10.4 Å². The van der Waals surface area contributed by atoms with Gasteiger partial charge >= 0.3 is 5.97 Å². The van der Waals surface area contributed by atoms with E-state index in [0.717, 1.165) is 4.88 Å². The maximum Gasteiger partial charge on any atom is 0.315 e. The molecule has 6 heteroatoms. The van der Waals surface area contributed by atoms with Crippen molar-refractivity contribution in [2.75, 3.05) is 6.54 Å². The minimum Gasteiger partial charge on any atom is -0.481 e. The number of carbonyl (C=O) groups is 2. The van der Waals surface area contributed by atoms with Crippen molar-refractivity contribution in [2.24, 2.45) is 0 Å². The molecule has 2 rings (SSSR count). The molecule has 2 aromatic rings. The van der Waals surface area contributed by atoms with E-state index in [2.05, 4.69) is 5.32 Å². The van der Waals surface area contributed by atoms with E-state index in [0.29, 0.717) is 22.7 Å². The molecule has 0 spiro atoms. The second-order valence-electron chi connectivity index (χ2n) is 5.49. The van der Waals surface area contributed by atoms with Crippen LogP contribution >= 0.6 is 22.9 Å². The van der Waals surface area contributed by atoms with Crippen LogP contribution in [0.5, 0.6) is 0 Å². The highest BCUT2D eigenvalue weighted by Crippen LogP contribution is 2.24. The van der Waals surface area contributed by atoms with E-state index >= 15 is 0 Å². The Balaban J connectivity index is 1.93. The quantitative estimate of drug-likeness (QED) is 0.802. The molecule has 0 saturated carbocycles. The molecule has 1 amide bonds. The fourth-order valence-corrected chi connectivity index (χ4v) is 3.28. The summed E-state index contributed by atoms with van der Waals surface area (Å²) in [5.74, 6) is -1.13. The van der Waals surface area contributed by atoms with Crippen LogP contribution in [0.4, 0.5) is 0 Å². The summed E-state index contributed by atoms with van der Waals surface area (Å²) in [6, 6.07) is 12.6. The van der Waals surface area contributed by atoms with Crippen molar-refractivity contribution in [3.8, 4) is 0 Å². The Kier molecular flexibility index (Phi) is 5.80. The van der Waals surface area contributed by atoms with E-state index in [1.165, 1.54) is 11.3 Å². The number of carbonyl (C=O) groups excluding carboxylic acids is 1. The smallest absolute Gasteiger partial charge is 0.315 e. The first kappa shape index (κ1) is 17.5. The third-order valence-electron chi connectivity index (χ3n) is 3.75. The van der Waals surface area contributed by atoms with Crippen molar-refractivity contribution in [3.63, 3.8) is 0 Å². The van der Waals surface area contributed by atoms with E-state index in [-0.39, 0.29) is 12.5 Å². The van der Waals surface area contributed by atoms with E-state index < -0.39 is 11.4 Å². The summed E-state index contributed by atoms with van der Waals surface area (Å²) in [7, 11) is 0. The van der Waals surface area contributed by atoms with Gasteiger partial charge in [0.2, 0.25) is 5.91 Å². The van der Waals surface area contributed by atoms with Gasteiger partial charge in [-0.2, -0.15) is 0 Å². The number of carboxylic acids is 1. The van der Waals surface area contributed by atoms with Crippen LogP contribution in [-0.4, -0.2) is 23.5 Å². The first-order chi connectivity index (χ1) is 10.9. The number of aliphatic carboxylic acids is 1. The predicted octanol–water partition coefficient (Wildman–Crippen LogP) is 3.49. The Morgan fingerprint density at radius 1 is 1.22 bits per heavy atom. The summed E-state index contributed by atoms with van der Waals surface area (Å²) in [6.07, 6.45) is 0.902. The van der Waals surface area contributed by atoms with Crippen molar-refractivity contribution in [3.05, 3.63) is 57.2 Å². The van der Waals surface area contributed by atoms with Gasteiger partial charge in [0.15, 0.2) is 0 Å². The van der Waals surface area contributed by atoms with Gasteiger partial charge in [-0.25, -0.2) is 0 Å². The highest BCUT2D eigenvalue weighted by atomic mass is 35.5. The topological polar surface area (TPSA) is 66.4 Å². The molecule has 0 bridgehead atoms. The first-order valence-corrected chi connectivity index (χ1v) is 8.41. The molecule has 122 valence electrons. The summed E-state index contributed by atoms with van der Waals surface area (Å²) in [5, 5.41) is 12.3.